The van der Waals surface area contributed by atoms with E-state index in [0.717, 1.165) is 25.2 Å². The maximum absolute atomic E-state index is 10.5. The zero-order valence-electron chi connectivity index (χ0n) is 12.5. The highest BCUT2D eigenvalue weighted by atomic mass is 32.2. The van der Waals surface area contributed by atoms with Gasteiger partial charge in [0, 0.05) is 17.1 Å². The van der Waals surface area contributed by atoms with Gasteiger partial charge in [-0.15, -0.1) is 0 Å². The summed E-state index contributed by atoms with van der Waals surface area (Å²) in [5.74, 6) is 3.74. The number of rotatable bonds is 3. The van der Waals surface area contributed by atoms with Crippen LogP contribution in [0.4, 0.5) is 0 Å². The highest BCUT2D eigenvalue weighted by Crippen LogP contribution is 2.41. The van der Waals surface area contributed by atoms with Crippen LogP contribution in [0, 0.1) is 5.92 Å². The summed E-state index contributed by atoms with van der Waals surface area (Å²) in [4.78, 5) is 0. The molecule has 2 aliphatic heterocycles. The van der Waals surface area contributed by atoms with Gasteiger partial charge >= 0.3 is 0 Å². The number of aliphatic hydroxyl groups is 1. The van der Waals surface area contributed by atoms with Crippen LogP contribution < -0.4 is 0 Å². The van der Waals surface area contributed by atoms with E-state index in [1.807, 2.05) is 23.5 Å². The van der Waals surface area contributed by atoms with E-state index in [1.165, 1.54) is 24.3 Å². The Morgan fingerprint density at radius 2 is 2.05 bits per heavy atom. The fourth-order valence-electron chi connectivity index (χ4n) is 2.96. The molecule has 2 atom stereocenters. The summed E-state index contributed by atoms with van der Waals surface area (Å²) < 4.78 is 6.34. The average molecular weight is 305 g/mol. The molecular weight excluding hydrogens is 276 g/mol. The minimum atomic E-state index is -0.167. The van der Waals surface area contributed by atoms with Crippen LogP contribution in [-0.2, 0) is 4.74 Å². The number of aliphatic hydroxyl groups excluding tert-OH is 1. The van der Waals surface area contributed by atoms with E-state index in [2.05, 4.69) is 20.8 Å². The van der Waals surface area contributed by atoms with Crippen molar-refractivity contribution in [1.29, 1.82) is 0 Å². The van der Waals surface area contributed by atoms with E-state index < -0.39 is 0 Å². The minimum absolute atomic E-state index is 0.0988. The fraction of sp³-hybridized carbons (Fsp3) is 1.00. The van der Waals surface area contributed by atoms with E-state index in [1.54, 1.807) is 0 Å². The summed E-state index contributed by atoms with van der Waals surface area (Å²) in [5.41, 5.74) is 0.0988. The predicted octanol–water partition coefficient (Wildman–Crippen LogP) is 3.57. The molecule has 2 rings (SSSR count). The molecule has 112 valence electrons. The van der Waals surface area contributed by atoms with Crippen molar-refractivity contribution < 1.29 is 9.84 Å². The Balaban J connectivity index is 1.86. The maximum Gasteiger partial charge on any atom is 0.0701 e. The molecule has 2 aliphatic rings. The van der Waals surface area contributed by atoms with Crippen LogP contribution in [0.15, 0.2) is 0 Å². The van der Waals surface area contributed by atoms with Crippen LogP contribution >= 0.6 is 23.5 Å². The molecule has 0 aromatic carbocycles. The quantitative estimate of drug-likeness (QED) is 0.863. The van der Waals surface area contributed by atoms with Crippen molar-refractivity contribution in [3.05, 3.63) is 0 Å². The van der Waals surface area contributed by atoms with Crippen LogP contribution in [0.2, 0.25) is 0 Å². The third-order valence-corrected chi connectivity index (χ3v) is 6.53. The van der Waals surface area contributed by atoms with Crippen LogP contribution in [0.5, 0.6) is 0 Å². The van der Waals surface area contributed by atoms with Gasteiger partial charge in [0.1, 0.15) is 0 Å². The van der Waals surface area contributed by atoms with E-state index in [-0.39, 0.29) is 16.5 Å². The number of thioether (sulfide) groups is 2. The number of hydrogen-bond donors (Lipinski definition) is 1. The molecule has 4 heteroatoms. The number of hydrogen-bond acceptors (Lipinski definition) is 4. The first-order chi connectivity index (χ1) is 8.90. The second-order valence-electron chi connectivity index (χ2n) is 6.89. The summed E-state index contributed by atoms with van der Waals surface area (Å²) in [6.45, 7) is 7.49. The van der Waals surface area contributed by atoms with Gasteiger partial charge < -0.3 is 9.84 Å². The van der Waals surface area contributed by atoms with E-state index in [0.29, 0.717) is 5.92 Å². The molecule has 1 N–H and O–H groups in total. The van der Waals surface area contributed by atoms with Gasteiger partial charge in [-0.25, -0.2) is 0 Å². The van der Waals surface area contributed by atoms with Crippen molar-refractivity contribution in [1.82, 2.24) is 0 Å². The van der Waals surface area contributed by atoms with E-state index in [4.69, 9.17) is 4.74 Å². The summed E-state index contributed by atoms with van der Waals surface area (Å²) in [6.07, 6.45) is 4.28. The Bertz CT molecular complexity index is 277. The smallest absolute Gasteiger partial charge is 0.0701 e. The topological polar surface area (TPSA) is 29.5 Å². The van der Waals surface area contributed by atoms with Gasteiger partial charge in [0.15, 0.2) is 0 Å². The second kappa shape index (κ2) is 6.59. The van der Waals surface area contributed by atoms with Crippen molar-refractivity contribution in [2.75, 3.05) is 23.9 Å². The van der Waals surface area contributed by atoms with Gasteiger partial charge in [0.2, 0.25) is 0 Å². The van der Waals surface area contributed by atoms with Gasteiger partial charge in [-0.2, -0.15) is 23.5 Å². The second-order valence-corrected chi connectivity index (χ2v) is 9.96. The maximum atomic E-state index is 10.5. The molecular formula is C15H28O2S2. The van der Waals surface area contributed by atoms with Crippen LogP contribution in [0.25, 0.3) is 0 Å². The lowest BCUT2D eigenvalue weighted by Gasteiger charge is -2.44. The lowest BCUT2D eigenvalue weighted by molar-refractivity contribution is -0.117. The molecule has 1 spiro atoms. The fourth-order valence-corrected chi connectivity index (χ4v) is 5.14. The first-order valence-electron chi connectivity index (χ1n) is 7.44. The molecule has 2 nitrogen and oxygen atoms in total. The molecule has 0 bridgehead atoms. The van der Waals surface area contributed by atoms with Gasteiger partial charge in [-0.05, 0) is 43.1 Å². The van der Waals surface area contributed by atoms with Crippen molar-refractivity contribution in [2.45, 2.75) is 62.9 Å². The predicted molar refractivity (Wildman–Crippen MR) is 86.2 cm³/mol. The third-order valence-electron chi connectivity index (χ3n) is 4.17. The van der Waals surface area contributed by atoms with Crippen molar-refractivity contribution in [3.63, 3.8) is 0 Å². The zero-order valence-corrected chi connectivity index (χ0v) is 14.1. The first-order valence-corrected chi connectivity index (χ1v) is 9.58. The zero-order chi connectivity index (χ0) is 13.9. The first kappa shape index (κ1) is 16.0. The lowest BCUT2D eigenvalue weighted by Crippen LogP contribution is -2.46. The minimum Gasteiger partial charge on any atom is -0.392 e. The standard InChI is InChI=1S/C15H28O2S2/c1-14(2,3)19-11-13(16)12-4-7-17-15(10-12)5-8-18-9-6-15/h12-13,16H,4-11H2,1-3H3. The molecule has 0 radical (unpaired) electrons. The molecule has 0 saturated carbocycles. The van der Waals surface area contributed by atoms with Crippen LogP contribution in [0.3, 0.4) is 0 Å². The summed E-state index contributed by atoms with van der Waals surface area (Å²) in [7, 11) is 0. The summed E-state index contributed by atoms with van der Waals surface area (Å²) in [5, 5.41) is 10.5. The highest BCUT2D eigenvalue weighted by Gasteiger charge is 2.40. The SMILES string of the molecule is CC(C)(C)SCC(O)C1CCOC2(CCSCC2)C1. The van der Waals surface area contributed by atoms with Crippen molar-refractivity contribution in [3.8, 4) is 0 Å². The molecule has 0 aliphatic carbocycles. The Labute approximate surface area is 126 Å². The average Bonchev–Trinajstić information content (AvgIpc) is 2.36. The molecule has 2 saturated heterocycles. The largest absolute Gasteiger partial charge is 0.392 e. The molecule has 2 fully saturated rings. The van der Waals surface area contributed by atoms with E-state index in [9.17, 15) is 5.11 Å². The molecule has 2 unspecified atom stereocenters. The van der Waals surface area contributed by atoms with Gasteiger partial charge in [-0.1, -0.05) is 20.8 Å². The van der Waals surface area contributed by atoms with Crippen LogP contribution in [0.1, 0.15) is 46.5 Å². The Morgan fingerprint density at radius 1 is 1.37 bits per heavy atom. The van der Waals surface area contributed by atoms with Gasteiger partial charge in [-0.3, -0.25) is 0 Å². The van der Waals surface area contributed by atoms with Gasteiger partial charge in [0.05, 0.1) is 11.7 Å². The Kier molecular flexibility index (Phi) is 5.55. The Hall–Kier alpha value is 0.620. The van der Waals surface area contributed by atoms with Crippen LogP contribution in [-0.4, -0.2) is 45.4 Å². The molecule has 0 amide bonds. The van der Waals surface area contributed by atoms with Gasteiger partial charge in [0.25, 0.3) is 0 Å². The molecule has 2 heterocycles. The normalized spacial score (nSPS) is 29.4. The third kappa shape index (κ3) is 4.83. The lowest BCUT2D eigenvalue weighted by atomic mass is 9.80. The monoisotopic (exact) mass is 304 g/mol. The molecule has 0 aromatic rings. The highest BCUT2D eigenvalue weighted by molar-refractivity contribution is 8.00. The van der Waals surface area contributed by atoms with E-state index >= 15 is 0 Å². The summed E-state index contributed by atoms with van der Waals surface area (Å²) in [6, 6.07) is 0. The van der Waals surface area contributed by atoms with Crippen molar-refractivity contribution >= 4 is 23.5 Å². The molecule has 0 aromatic heterocycles. The number of ether oxygens (including phenoxy) is 1. The Morgan fingerprint density at radius 3 is 2.68 bits per heavy atom. The molecule has 19 heavy (non-hydrogen) atoms. The summed E-state index contributed by atoms with van der Waals surface area (Å²) >= 11 is 3.91. The van der Waals surface area contributed by atoms with Crippen molar-refractivity contribution in [2.24, 2.45) is 5.92 Å².